The van der Waals surface area contributed by atoms with Gasteiger partial charge < -0.3 is 5.11 Å². The number of rotatable bonds is 10. The second kappa shape index (κ2) is 10.7. The van der Waals surface area contributed by atoms with Crippen molar-refractivity contribution in [1.82, 2.24) is 0 Å². The summed E-state index contributed by atoms with van der Waals surface area (Å²) in [5.41, 5.74) is 0. The molecule has 114 valence electrons. The van der Waals surface area contributed by atoms with Gasteiger partial charge in [0.05, 0.1) is 6.10 Å². The molecule has 0 amide bonds. The van der Waals surface area contributed by atoms with Crippen LogP contribution >= 0.6 is 0 Å². The summed E-state index contributed by atoms with van der Waals surface area (Å²) >= 11 is 0. The predicted octanol–water partition coefficient (Wildman–Crippen LogP) is 5.70. The van der Waals surface area contributed by atoms with Crippen LogP contribution in [0.2, 0.25) is 0 Å². The molecule has 19 heavy (non-hydrogen) atoms. The van der Waals surface area contributed by atoms with Crippen molar-refractivity contribution in [1.29, 1.82) is 0 Å². The molecule has 1 nitrogen and oxygen atoms in total. The zero-order valence-corrected chi connectivity index (χ0v) is 13.4. The third-order valence-electron chi connectivity index (χ3n) is 4.71. The van der Waals surface area contributed by atoms with E-state index in [9.17, 15) is 5.11 Å². The zero-order valence-electron chi connectivity index (χ0n) is 13.4. The van der Waals surface area contributed by atoms with Crippen LogP contribution in [-0.4, -0.2) is 11.2 Å². The number of hydrogen-bond acceptors (Lipinski definition) is 1. The van der Waals surface area contributed by atoms with E-state index >= 15 is 0 Å². The number of aliphatic hydroxyl groups is 1. The first-order chi connectivity index (χ1) is 9.18. The Morgan fingerprint density at radius 2 is 1.32 bits per heavy atom. The van der Waals surface area contributed by atoms with Crippen LogP contribution in [0.1, 0.15) is 97.3 Å². The highest BCUT2D eigenvalue weighted by Crippen LogP contribution is 2.28. The molecule has 1 aliphatic carbocycles. The lowest BCUT2D eigenvalue weighted by atomic mass is 9.84. The Morgan fingerprint density at radius 3 is 1.89 bits per heavy atom. The van der Waals surface area contributed by atoms with Crippen LogP contribution in [0, 0.1) is 11.8 Å². The fourth-order valence-corrected chi connectivity index (χ4v) is 3.30. The number of aliphatic hydroxyl groups excluding tert-OH is 1. The van der Waals surface area contributed by atoms with Gasteiger partial charge >= 0.3 is 0 Å². The standard InChI is InChI=1S/C18H36O/c1-16(2)10-8-6-4-3-5-7-9-11-17-12-14-18(19)15-13-17/h16-19H,3-15H2,1-2H3. The van der Waals surface area contributed by atoms with Gasteiger partial charge in [0.25, 0.3) is 0 Å². The summed E-state index contributed by atoms with van der Waals surface area (Å²) in [6.07, 6.45) is 17.6. The summed E-state index contributed by atoms with van der Waals surface area (Å²) < 4.78 is 0. The van der Waals surface area contributed by atoms with Crippen molar-refractivity contribution in [2.75, 3.05) is 0 Å². The topological polar surface area (TPSA) is 20.2 Å². The molecule has 1 fully saturated rings. The van der Waals surface area contributed by atoms with Gasteiger partial charge in [0.1, 0.15) is 0 Å². The molecule has 0 unspecified atom stereocenters. The third-order valence-corrected chi connectivity index (χ3v) is 4.71. The minimum Gasteiger partial charge on any atom is -0.393 e. The van der Waals surface area contributed by atoms with Gasteiger partial charge in [-0.25, -0.2) is 0 Å². The average molecular weight is 268 g/mol. The fourth-order valence-electron chi connectivity index (χ4n) is 3.30. The van der Waals surface area contributed by atoms with Gasteiger partial charge in [0.15, 0.2) is 0 Å². The molecule has 0 aromatic heterocycles. The van der Waals surface area contributed by atoms with Crippen molar-refractivity contribution in [3.63, 3.8) is 0 Å². The molecule has 0 aromatic rings. The van der Waals surface area contributed by atoms with E-state index in [1.165, 1.54) is 70.6 Å². The van der Waals surface area contributed by atoms with Crippen molar-refractivity contribution < 1.29 is 5.11 Å². The van der Waals surface area contributed by atoms with Crippen LogP contribution in [0.5, 0.6) is 0 Å². The van der Waals surface area contributed by atoms with Crippen molar-refractivity contribution in [3.05, 3.63) is 0 Å². The molecule has 1 aliphatic rings. The lowest BCUT2D eigenvalue weighted by Gasteiger charge is -2.25. The van der Waals surface area contributed by atoms with Crippen LogP contribution in [0.4, 0.5) is 0 Å². The van der Waals surface area contributed by atoms with E-state index in [0.29, 0.717) is 0 Å². The van der Waals surface area contributed by atoms with Crippen LogP contribution in [0.3, 0.4) is 0 Å². The Morgan fingerprint density at radius 1 is 0.789 bits per heavy atom. The highest BCUT2D eigenvalue weighted by molar-refractivity contribution is 4.71. The van der Waals surface area contributed by atoms with Gasteiger partial charge in [-0.3, -0.25) is 0 Å². The summed E-state index contributed by atoms with van der Waals surface area (Å²) in [4.78, 5) is 0. The molecule has 1 saturated carbocycles. The lowest BCUT2D eigenvalue weighted by molar-refractivity contribution is 0.106. The third kappa shape index (κ3) is 9.49. The Balaban J connectivity index is 1.79. The SMILES string of the molecule is CC(C)CCCCCCCCCC1CCC(O)CC1. The highest BCUT2D eigenvalue weighted by Gasteiger charge is 2.18. The largest absolute Gasteiger partial charge is 0.393 e. The molecule has 1 heteroatoms. The molecule has 1 rings (SSSR count). The monoisotopic (exact) mass is 268 g/mol. The summed E-state index contributed by atoms with van der Waals surface area (Å²) in [6.45, 7) is 4.65. The van der Waals surface area contributed by atoms with Crippen LogP contribution in [0.15, 0.2) is 0 Å². The Hall–Kier alpha value is -0.0400. The molecule has 0 aliphatic heterocycles. The molecule has 0 radical (unpaired) electrons. The van der Waals surface area contributed by atoms with Gasteiger partial charge in [0, 0.05) is 0 Å². The van der Waals surface area contributed by atoms with Crippen molar-refractivity contribution in [2.24, 2.45) is 11.8 Å². The molecule has 0 aromatic carbocycles. The second-order valence-electron chi connectivity index (χ2n) is 7.12. The molecule has 0 bridgehead atoms. The van der Waals surface area contributed by atoms with E-state index in [-0.39, 0.29) is 6.10 Å². The van der Waals surface area contributed by atoms with Crippen molar-refractivity contribution in [2.45, 2.75) is 103 Å². The first-order valence-electron chi connectivity index (χ1n) is 8.86. The highest BCUT2D eigenvalue weighted by atomic mass is 16.3. The molecular weight excluding hydrogens is 232 g/mol. The molecule has 0 saturated heterocycles. The van der Waals surface area contributed by atoms with E-state index in [2.05, 4.69) is 13.8 Å². The van der Waals surface area contributed by atoms with Crippen molar-refractivity contribution >= 4 is 0 Å². The molecule has 0 heterocycles. The maximum Gasteiger partial charge on any atom is 0.0540 e. The first-order valence-corrected chi connectivity index (χ1v) is 8.86. The van der Waals surface area contributed by atoms with E-state index in [4.69, 9.17) is 0 Å². The maximum absolute atomic E-state index is 9.47. The molecule has 1 N–H and O–H groups in total. The van der Waals surface area contributed by atoms with Gasteiger partial charge in [-0.15, -0.1) is 0 Å². The molecule has 0 spiro atoms. The number of hydrogen-bond donors (Lipinski definition) is 1. The first kappa shape index (κ1) is 17.0. The molecular formula is C18H36O. The van der Waals surface area contributed by atoms with Crippen LogP contribution in [-0.2, 0) is 0 Å². The summed E-state index contributed by atoms with van der Waals surface area (Å²) in [5.74, 6) is 1.81. The van der Waals surface area contributed by atoms with Gasteiger partial charge in [-0.1, -0.05) is 71.6 Å². The van der Waals surface area contributed by atoms with Crippen molar-refractivity contribution in [3.8, 4) is 0 Å². The Kier molecular flexibility index (Phi) is 9.59. The minimum atomic E-state index is 0.0158. The lowest BCUT2D eigenvalue weighted by Crippen LogP contribution is -2.17. The number of unbranched alkanes of at least 4 members (excludes halogenated alkanes) is 6. The summed E-state index contributed by atoms with van der Waals surface area (Å²) in [7, 11) is 0. The van der Waals surface area contributed by atoms with E-state index < -0.39 is 0 Å². The minimum absolute atomic E-state index is 0.0158. The fraction of sp³-hybridized carbons (Fsp3) is 1.00. The second-order valence-corrected chi connectivity index (χ2v) is 7.12. The summed E-state index contributed by atoms with van der Waals surface area (Å²) in [6, 6.07) is 0. The quantitative estimate of drug-likeness (QED) is 0.503. The van der Waals surface area contributed by atoms with E-state index in [1.807, 2.05) is 0 Å². The smallest absolute Gasteiger partial charge is 0.0540 e. The van der Waals surface area contributed by atoms with Gasteiger partial charge in [-0.05, 0) is 37.5 Å². The van der Waals surface area contributed by atoms with E-state index in [0.717, 1.165) is 24.7 Å². The maximum atomic E-state index is 9.47. The Labute approximate surface area is 121 Å². The van der Waals surface area contributed by atoms with Crippen LogP contribution in [0.25, 0.3) is 0 Å². The van der Waals surface area contributed by atoms with Gasteiger partial charge in [-0.2, -0.15) is 0 Å². The zero-order chi connectivity index (χ0) is 13.9. The Bertz CT molecular complexity index is 192. The average Bonchev–Trinajstić information content (AvgIpc) is 2.38. The predicted molar refractivity (Wildman–Crippen MR) is 84.4 cm³/mol. The van der Waals surface area contributed by atoms with Crippen LogP contribution < -0.4 is 0 Å². The normalized spacial score (nSPS) is 24.0. The van der Waals surface area contributed by atoms with E-state index in [1.54, 1.807) is 0 Å². The molecule has 0 atom stereocenters. The van der Waals surface area contributed by atoms with Gasteiger partial charge in [0.2, 0.25) is 0 Å². The summed E-state index contributed by atoms with van der Waals surface area (Å²) in [5, 5.41) is 9.47.